The van der Waals surface area contributed by atoms with Gasteiger partial charge in [0.2, 0.25) is 0 Å². The fraction of sp³-hybridized carbons (Fsp3) is 0.167. The Morgan fingerprint density at radius 2 is 1.72 bits per heavy atom. The Kier molecular flexibility index (Phi) is 5.56. The van der Waals surface area contributed by atoms with Gasteiger partial charge in [0, 0.05) is 24.2 Å². The Balaban J connectivity index is 1.32. The molecule has 2 N–H and O–H groups in total. The first-order valence-corrected chi connectivity index (χ1v) is 9.67. The highest BCUT2D eigenvalue weighted by molar-refractivity contribution is 5.98. The number of ether oxygens (including phenoxy) is 1. The number of hydrogen-bond donors (Lipinski definition) is 2. The maximum atomic E-state index is 12.6. The predicted molar refractivity (Wildman–Crippen MR) is 112 cm³/mol. The van der Waals surface area contributed by atoms with Gasteiger partial charge in [-0.1, -0.05) is 54.6 Å². The first kappa shape index (κ1) is 18.7. The number of para-hydroxylation sites is 1. The van der Waals surface area contributed by atoms with E-state index in [9.17, 15) is 9.59 Å². The van der Waals surface area contributed by atoms with Crippen LogP contribution >= 0.6 is 0 Å². The highest BCUT2D eigenvalue weighted by Crippen LogP contribution is 2.28. The van der Waals surface area contributed by atoms with E-state index in [0.29, 0.717) is 24.2 Å². The lowest BCUT2D eigenvalue weighted by molar-refractivity contribution is -0.122. The van der Waals surface area contributed by atoms with Gasteiger partial charge in [-0.3, -0.25) is 9.59 Å². The second-order valence-electron chi connectivity index (χ2n) is 6.98. The van der Waals surface area contributed by atoms with Gasteiger partial charge >= 0.3 is 0 Å². The zero-order chi connectivity index (χ0) is 20.1. The lowest BCUT2D eigenvalue weighted by Gasteiger charge is -2.12. The normalized spacial score (nSPS) is 14.6. The zero-order valence-corrected chi connectivity index (χ0v) is 15.9. The molecule has 1 heterocycles. The van der Waals surface area contributed by atoms with Gasteiger partial charge in [0.25, 0.3) is 11.8 Å². The molecule has 5 heteroatoms. The largest absolute Gasteiger partial charge is 0.480 e. The quantitative estimate of drug-likeness (QED) is 0.680. The summed E-state index contributed by atoms with van der Waals surface area (Å²) in [4.78, 5) is 25.0. The number of rotatable bonds is 6. The molecule has 0 radical (unpaired) electrons. The number of anilines is 1. The van der Waals surface area contributed by atoms with Gasteiger partial charge in [-0.15, -0.1) is 0 Å². The molecule has 5 nitrogen and oxygen atoms in total. The number of amides is 2. The van der Waals surface area contributed by atoms with Crippen molar-refractivity contribution in [3.63, 3.8) is 0 Å². The van der Waals surface area contributed by atoms with E-state index in [0.717, 1.165) is 17.7 Å². The molecule has 3 aromatic rings. The molecule has 0 unspecified atom stereocenters. The molecule has 146 valence electrons. The number of carbonyl (C=O) groups excluding carboxylic acids is 2. The van der Waals surface area contributed by atoms with Crippen molar-refractivity contribution in [2.24, 2.45) is 0 Å². The monoisotopic (exact) mass is 386 g/mol. The van der Waals surface area contributed by atoms with E-state index in [1.807, 2.05) is 54.6 Å². The van der Waals surface area contributed by atoms with Crippen molar-refractivity contribution in [1.29, 1.82) is 0 Å². The van der Waals surface area contributed by atoms with Gasteiger partial charge in [-0.2, -0.15) is 0 Å². The summed E-state index contributed by atoms with van der Waals surface area (Å²) in [7, 11) is 0. The van der Waals surface area contributed by atoms with Crippen LogP contribution in [-0.4, -0.2) is 24.5 Å². The Bertz CT molecular complexity index is 992. The summed E-state index contributed by atoms with van der Waals surface area (Å²) in [5.41, 5.74) is 3.28. The van der Waals surface area contributed by atoms with Crippen LogP contribution in [-0.2, 0) is 17.6 Å². The number of fused-ring (bicyclic) bond motifs is 1. The molecule has 0 bridgehead atoms. The van der Waals surface area contributed by atoms with Crippen LogP contribution in [0.5, 0.6) is 5.75 Å². The SMILES string of the molecule is O=C(NCCc1ccccc1)c1cccc(NC(=O)[C@H]2Cc3ccccc3O2)c1. The van der Waals surface area contributed by atoms with Crippen molar-refractivity contribution >= 4 is 17.5 Å². The van der Waals surface area contributed by atoms with Gasteiger partial charge in [0.1, 0.15) is 5.75 Å². The maximum absolute atomic E-state index is 12.6. The Morgan fingerprint density at radius 3 is 2.55 bits per heavy atom. The molecule has 0 spiro atoms. The third-order valence-electron chi connectivity index (χ3n) is 4.87. The lowest BCUT2D eigenvalue weighted by Crippen LogP contribution is -2.31. The van der Waals surface area contributed by atoms with Crippen LogP contribution in [0.3, 0.4) is 0 Å². The highest BCUT2D eigenvalue weighted by atomic mass is 16.5. The first-order valence-electron chi connectivity index (χ1n) is 9.67. The van der Waals surface area contributed by atoms with Crippen LogP contribution in [0.15, 0.2) is 78.9 Å². The predicted octanol–water partition coefficient (Wildman–Crippen LogP) is 3.60. The molecule has 4 rings (SSSR count). The number of carbonyl (C=O) groups is 2. The Hall–Kier alpha value is -3.60. The van der Waals surface area contributed by atoms with Crippen LogP contribution in [0.4, 0.5) is 5.69 Å². The number of benzene rings is 3. The van der Waals surface area contributed by atoms with E-state index in [-0.39, 0.29) is 11.8 Å². The smallest absolute Gasteiger partial charge is 0.265 e. The second kappa shape index (κ2) is 8.61. The standard InChI is InChI=1S/C24H22N2O3/c27-23(25-14-13-17-7-2-1-3-8-17)19-10-6-11-20(15-19)26-24(28)22-16-18-9-4-5-12-21(18)29-22/h1-12,15,22H,13-14,16H2,(H,25,27)(H,26,28)/t22-/m1/s1. The average molecular weight is 386 g/mol. The minimum atomic E-state index is -0.559. The summed E-state index contributed by atoms with van der Waals surface area (Å²) >= 11 is 0. The Morgan fingerprint density at radius 1 is 0.931 bits per heavy atom. The van der Waals surface area contributed by atoms with Crippen LogP contribution < -0.4 is 15.4 Å². The van der Waals surface area contributed by atoms with Crippen molar-refractivity contribution in [3.8, 4) is 5.75 Å². The van der Waals surface area contributed by atoms with Crippen molar-refractivity contribution in [2.45, 2.75) is 18.9 Å². The van der Waals surface area contributed by atoms with Crippen LogP contribution in [0.25, 0.3) is 0 Å². The minimum absolute atomic E-state index is 0.165. The molecule has 1 aliphatic rings. The zero-order valence-electron chi connectivity index (χ0n) is 15.9. The number of hydrogen-bond acceptors (Lipinski definition) is 3. The Labute approximate surface area is 169 Å². The molecule has 1 aliphatic heterocycles. The van der Waals surface area contributed by atoms with Gasteiger partial charge in [-0.25, -0.2) is 0 Å². The van der Waals surface area contributed by atoms with Gasteiger partial charge in [-0.05, 0) is 41.8 Å². The molecule has 29 heavy (non-hydrogen) atoms. The summed E-state index contributed by atoms with van der Waals surface area (Å²) in [5, 5.41) is 5.77. The molecule has 0 aromatic heterocycles. The van der Waals surface area contributed by atoms with Crippen molar-refractivity contribution in [1.82, 2.24) is 5.32 Å². The molecule has 1 atom stereocenters. The van der Waals surface area contributed by atoms with Crippen molar-refractivity contribution in [3.05, 3.63) is 95.6 Å². The van der Waals surface area contributed by atoms with E-state index >= 15 is 0 Å². The van der Waals surface area contributed by atoms with Gasteiger partial charge < -0.3 is 15.4 Å². The third-order valence-corrected chi connectivity index (χ3v) is 4.87. The molecule has 0 saturated carbocycles. The molecule has 2 amide bonds. The molecule has 0 aliphatic carbocycles. The lowest BCUT2D eigenvalue weighted by atomic mass is 10.1. The first-order chi connectivity index (χ1) is 14.2. The highest BCUT2D eigenvalue weighted by Gasteiger charge is 2.28. The van der Waals surface area contributed by atoms with Crippen LogP contribution in [0.1, 0.15) is 21.5 Å². The van der Waals surface area contributed by atoms with Crippen molar-refractivity contribution < 1.29 is 14.3 Å². The topological polar surface area (TPSA) is 67.4 Å². The molecule has 0 saturated heterocycles. The van der Waals surface area contributed by atoms with E-state index in [1.165, 1.54) is 5.56 Å². The third kappa shape index (κ3) is 4.63. The second-order valence-corrected chi connectivity index (χ2v) is 6.98. The molecule has 0 fully saturated rings. The minimum Gasteiger partial charge on any atom is -0.480 e. The summed E-state index contributed by atoms with van der Waals surface area (Å²) in [6.45, 7) is 0.549. The molecular weight excluding hydrogens is 364 g/mol. The van der Waals surface area contributed by atoms with Crippen LogP contribution in [0, 0.1) is 0 Å². The molecular formula is C24H22N2O3. The summed E-state index contributed by atoms with van der Waals surface area (Å²) in [5.74, 6) is 0.364. The van der Waals surface area contributed by atoms with E-state index in [4.69, 9.17) is 4.74 Å². The summed E-state index contributed by atoms with van der Waals surface area (Å²) < 4.78 is 5.72. The van der Waals surface area contributed by atoms with E-state index in [2.05, 4.69) is 10.6 Å². The van der Waals surface area contributed by atoms with E-state index < -0.39 is 6.10 Å². The van der Waals surface area contributed by atoms with Gasteiger partial charge in [0.05, 0.1) is 0 Å². The van der Waals surface area contributed by atoms with Crippen molar-refractivity contribution in [2.75, 3.05) is 11.9 Å². The fourth-order valence-corrected chi connectivity index (χ4v) is 3.36. The average Bonchev–Trinajstić information content (AvgIpc) is 3.19. The number of nitrogens with one attached hydrogen (secondary N) is 2. The van der Waals surface area contributed by atoms with E-state index in [1.54, 1.807) is 24.3 Å². The van der Waals surface area contributed by atoms with Crippen LogP contribution in [0.2, 0.25) is 0 Å². The molecule has 3 aromatic carbocycles. The summed E-state index contributed by atoms with van der Waals surface area (Å²) in [6, 6.07) is 24.6. The summed E-state index contributed by atoms with van der Waals surface area (Å²) in [6.07, 6.45) is 0.750. The fourth-order valence-electron chi connectivity index (χ4n) is 3.36. The van der Waals surface area contributed by atoms with Gasteiger partial charge in [0.15, 0.2) is 6.10 Å². The maximum Gasteiger partial charge on any atom is 0.265 e.